The van der Waals surface area contributed by atoms with Gasteiger partial charge < -0.3 is 5.11 Å². The van der Waals surface area contributed by atoms with Crippen LogP contribution in [0.4, 0.5) is 0 Å². The molecule has 2 aromatic carbocycles. The molecule has 5 nitrogen and oxygen atoms in total. The van der Waals surface area contributed by atoms with Crippen LogP contribution in [0.1, 0.15) is 0 Å². The normalized spacial score (nSPS) is 11.0. The van der Waals surface area contributed by atoms with Crippen LogP contribution in [-0.4, -0.2) is 24.7 Å². The van der Waals surface area contributed by atoms with Crippen molar-refractivity contribution in [3.63, 3.8) is 0 Å². The highest BCUT2D eigenvalue weighted by atomic mass is 32.2. The molecule has 0 unspecified atom stereocenters. The van der Waals surface area contributed by atoms with E-state index in [0.29, 0.717) is 5.65 Å². The van der Waals surface area contributed by atoms with Gasteiger partial charge in [-0.15, -0.1) is 0 Å². The highest BCUT2D eigenvalue weighted by Gasteiger charge is 2.10. The van der Waals surface area contributed by atoms with E-state index in [1.165, 1.54) is 15.7 Å². The van der Waals surface area contributed by atoms with Crippen LogP contribution in [-0.2, 0) is 0 Å². The molecule has 0 radical (unpaired) electrons. The monoisotopic (exact) mass is 320 g/mol. The number of aromatic nitrogens is 4. The lowest BCUT2D eigenvalue weighted by molar-refractivity contribution is 0.411. The molecule has 0 amide bonds. The van der Waals surface area contributed by atoms with Crippen LogP contribution in [0.25, 0.3) is 16.8 Å². The minimum absolute atomic E-state index is 0.169. The van der Waals surface area contributed by atoms with E-state index in [2.05, 4.69) is 39.3 Å². The van der Waals surface area contributed by atoms with Gasteiger partial charge >= 0.3 is 6.01 Å². The lowest BCUT2D eigenvalue weighted by atomic mass is 10.1. The summed E-state index contributed by atoms with van der Waals surface area (Å²) >= 11 is 1.71. The minimum Gasteiger partial charge on any atom is -0.479 e. The van der Waals surface area contributed by atoms with Gasteiger partial charge in [0.25, 0.3) is 0 Å². The topological polar surface area (TPSA) is 63.3 Å². The molecule has 23 heavy (non-hydrogen) atoms. The van der Waals surface area contributed by atoms with E-state index in [1.54, 1.807) is 18.0 Å². The Labute approximate surface area is 136 Å². The van der Waals surface area contributed by atoms with Crippen LogP contribution in [0, 0.1) is 0 Å². The van der Waals surface area contributed by atoms with Gasteiger partial charge in [-0.1, -0.05) is 42.1 Å². The molecule has 0 aliphatic heterocycles. The lowest BCUT2D eigenvalue weighted by Gasteiger charge is -2.03. The van der Waals surface area contributed by atoms with E-state index < -0.39 is 0 Å². The number of hydrogen-bond acceptors (Lipinski definition) is 5. The lowest BCUT2D eigenvalue weighted by Crippen LogP contribution is -1.93. The van der Waals surface area contributed by atoms with Crippen molar-refractivity contribution in [2.75, 3.05) is 0 Å². The van der Waals surface area contributed by atoms with Gasteiger partial charge in [0.15, 0.2) is 5.65 Å². The summed E-state index contributed by atoms with van der Waals surface area (Å²) in [6, 6.07) is 18.3. The van der Waals surface area contributed by atoms with Gasteiger partial charge in [0.2, 0.25) is 0 Å². The molecule has 0 aliphatic rings. The maximum atomic E-state index is 9.69. The van der Waals surface area contributed by atoms with E-state index in [0.717, 1.165) is 16.0 Å². The molecule has 1 N–H and O–H groups in total. The average Bonchev–Trinajstić information content (AvgIpc) is 3.02. The summed E-state index contributed by atoms with van der Waals surface area (Å²) in [6.07, 6.45) is 3.01. The van der Waals surface area contributed by atoms with Gasteiger partial charge in [-0.05, 0) is 29.8 Å². The summed E-state index contributed by atoms with van der Waals surface area (Å²) in [5.41, 5.74) is 2.44. The van der Waals surface area contributed by atoms with Crippen molar-refractivity contribution < 1.29 is 5.11 Å². The third kappa shape index (κ3) is 2.64. The Kier molecular flexibility index (Phi) is 3.44. The van der Waals surface area contributed by atoms with Crippen LogP contribution in [0.2, 0.25) is 0 Å². The third-order valence-electron chi connectivity index (χ3n) is 3.43. The van der Waals surface area contributed by atoms with Gasteiger partial charge in [0.05, 0.1) is 6.20 Å². The smallest absolute Gasteiger partial charge is 0.318 e. The second-order valence-electron chi connectivity index (χ2n) is 4.91. The fourth-order valence-corrected chi connectivity index (χ4v) is 3.17. The number of hydrogen-bond donors (Lipinski definition) is 1. The molecule has 4 aromatic rings. The second kappa shape index (κ2) is 5.73. The zero-order chi connectivity index (χ0) is 15.6. The molecule has 0 spiro atoms. The standard InChI is InChI=1S/C17H12N4OS/c22-17-19-11-18-16-15(10-20-21(16)17)12-6-8-14(9-7-12)23-13-4-2-1-3-5-13/h1-11H,(H,18,19,22). The molecule has 6 heteroatoms. The van der Waals surface area contributed by atoms with Crippen LogP contribution in [0.3, 0.4) is 0 Å². The first-order valence-electron chi connectivity index (χ1n) is 7.02. The number of aromatic hydroxyl groups is 1. The quantitative estimate of drug-likeness (QED) is 0.624. The highest BCUT2D eigenvalue weighted by molar-refractivity contribution is 7.99. The summed E-state index contributed by atoms with van der Waals surface area (Å²) in [5, 5.41) is 13.8. The Balaban J connectivity index is 1.66. The number of rotatable bonds is 3. The molecular formula is C17H12N4OS. The Hall–Kier alpha value is -2.86. The van der Waals surface area contributed by atoms with E-state index in [1.807, 2.05) is 30.3 Å². The van der Waals surface area contributed by atoms with Crippen molar-refractivity contribution in [1.82, 2.24) is 19.6 Å². The Morgan fingerprint density at radius 3 is 2.39 bits per heavy atom. The summed E-state index contributed by atoms with van der Waals surface area (Å²) in [4.78, 5) is 10.3. The molecule has 2 aromatic heterocycles. The highest BCUT2D eigenvalue weighted by Crippen LogP contribution is 2.30. The van der Waals surface area contributed by atoms with Gasteiger partial charge in [-0.3, -0.25) is 0 Å². The summed E-state index contributed by atoms with van der Waals surface area (Å²) < 4.78 is 1.32. The van der Waals surface area contributed by atoms with E-state index >= 15 is 0 Å². The maximum Gasteiger partial charge on any atom is 0.318 e. The SMILES string of the molecule is Oc1ncnc2c(-c3ccc(Sc4ccccc4)cc3)cnn12. The molecule has 2 heterocycles. The van der Waals surface area contributed by atoms with Crippen molar-refractivity contribution in [2.24, 2.45) is 0 Å². The van der Waals surface area contributed by atoms with Crippen molar-refractivity contribution in [2.45, 2.75) is 9.79 Å². The number of fused-ring (bicyclic) bond motifs is 1. The fourth-order valence-electron chi connectivity index (χ4n) is 2.33. The molecule has 0 saturated carbocycles. The fraction of sp³-hybridized carbons (Fsp3) is 0. The Morgan fingerprint density at radius 1 is 0.870 bits per heavy atom. The van der Waals surface area contributed by atoms with Crippen molar-refractivity contribution in [3.8, 4) is 17.1 Å². The van der Waals surface area contributed by atoms with Gasteiger partial charge in [-0.25, -0.2) is 4.98 Å². The van der Waals surface area contributed by atoms with Crippen LogP contribution < -0.4 is 0 Å². The molecule has 0 aliphatic carbocycles. The second-order valence-corrected chi connectivity index (χ2v) is 6.05. The minimum atomic E-state index is -0.169. The average molecular weight is 320 g/mol. The van der Waals surface area contributed by atoms with Crippen molar-refractivity contribution in [3.05, 3.63) is 67.1 Å². The predicted molar refractivity (Wildman–Crippen MR) is 88.4 cm³/mol. The van der Waals surface area contributed by atoms with Gasteiger partial charge in [-0.2, -0.15) is 14.6 Å². The van der Waals surface area contributed by atoms with Crippen LogP contribution >= 0.6 is 11.8 Å². The molecule has 112 valence electrons. The van der Waals surface area contributed by atoms with E-state index in [-0.39, 0.29) is 6.01 Å². The van der Waals surface area contributed by atoms with Crippen molar-refractivity contribution >= 4 is 17.4 Å². The van der Waals surface area contributed by atoms with Crippen molar-refractivity contribution in [1.29, 1.82) is 0 Å². The van der Waals surface area contributed by atoms with Gasteiger partial charge in [0, 0.05) is 15.4 Å². The van der Waals surface area contributed by atoms with Crippen LogP contribution in [0.15, 0.2) is 76.9 Å². The maximum absolute atomic E-state index is 9.69. The first-order chi connectivity index (χ1) is 11.3. The molecule has 0 saturated heterocycles. The first kappa shape index (κ1) is 13.8. The molecule has 4 rings (SSSR count). The summed E-state index contributed by atoms with van der Waals surface area (Å²) in [6.45, 7) is 0. The first-order valence-corrected chi connectivity index (χ1v) is 7.84. The summed E-state index contributed by atoms with van der Waals surface area (Å²) in [5.74, 6) is 0. The predicted octanol–water partition coefficient (Wildman–Crippen LogP) is 3.65. The molecule has 0 fully saturated rings. The summed E-state index contributed by atoms with van der Waals surface area (Å²) in [7, 11) is 0. The molecule has 0 atom stereocenters. The molecule has 0 bridgehead atoms. The Bertz CT molecular complexity index is 951. The number of benzene rings is 2. The third-order valence-corrected chi connectivity index (χ3v) is 4.45. The zero-order valence-corrected chi connectivity index (χ0v) is 12.8. The van der Waals surface area contributed by atoms with E-state index in [4.69, 9.17) is 0 Å². The largest absolute Gasteiger partial charge is 0.479 e. The van der Waals surface area contributed by atoms with E-state index in [9.17, 15) is 5.11 Å². The van der Waals surface area contributed by atoms with Crippen LogP contribution in [0.5, 0.6) is 6.01 Å². The number of nitrogens with zero attached hydrogens (tertiary/aromatic N) is 4. The molecular weight excluding hydrogens is 308 g/mol. The van der Waals surface area contributed by atoms with Gasteiger partial charge in [0.1, 0.15) is 6.33 Å². The Morgan fingerprint density at radius 2 is 1.61 bits per heavy atom. The zero-order valence-electron chi connectivity index (χ0n) is 12.0.